The number of rotatable bonds is 2. The Kier molecular flexibility index (Phi) is 8.10. The first-order chi connectivity index (χ1) is 13.5. The number of hydrogen-bond acceptors (Lipinski definition) is 6. The molecule has 10 nitrogen and oxygen atoms in total. The van der Waals surface area contributed by atoms with Crippen molar-refractivity contribution in [1.29, 1.82) is 0 Å². The summed E-state index contributed by atoms with van der Waals surface area (Å²) in [5, 5.41) is 8.59. The molecule has 0 bridgehead atoms. The van der Waals surface area contributed by atoms with E-state index in [0.29, 0.717) is 13.1 Å². The second kappa shape index (κ2) is 9.53. The van der Waals surface area contributed by atoms with Crippen LogP contribution in [0.15, 0.2) is 0 Å². The predicted octanol–water partition coefficient (Wildman–Crippen LogP) is 1.88. The molecular formula is C20H35N3O7. The highest BCUT2D eigenvalue weighted by Gasteiger charge is 2.39. The van der Waals surface area contributed by atoms with Gasteiger partial charge < -0.3 is 29.3 Å². The summed E-state index contributed by atoms with van der Waals surface area (Å²) in [5.41, 5.74) is -1.00. The minimum Gasteiger partial charge on any atom is -0.481 e. The second-order valence-electron chi connectivity index (χ2n) is 9.74. The van der Waals surface area contributed by atoms with Crippen molar-refractivity contribution in [2.45, 2.75) is 52.7 Å². The average Bonchev–Trinajstić information content (AvgIpc) is 2.39. The van der Waals surface area contributed by atoms with E-state index in [1.165, 1.54) is 4.90 Å². The maximum atomic E-state index is 11.6. The number of carbonyl (C=O) groups is 4. The number of aliphatic carboxylic acids is 1. The molecule has 172 valence electrons. The summed E-state index contributed by atoms with van der Waals surface area (Å²) in [5.74, 6) is -1.28. The molecule has 0 saturated carbocycles. The Balaban J connectivity index is 0.000000303. The molecule has 1 N–H and O–H groups in total. The predicted molar refractivity (Wildman–Crippen MR) is 109 cm³/mol. The van der Waals surface area contributed by atoms with E-state index in [0.717, 1.165) is 0 Å². The SMILES string of the molecule is CC(C)(C)OC(=O)N1CC(C(=O)O)C1.CN(C)C(=O)C1CN(C(=O)OC(C)(C)C)C1. The summed E-state index contributed by atoms with van der Waals surface area (Å²) < 4.78 is 10.3. The largest absolute Gasteiger partial charge is 0.481 e. The standard InChI is InChI=1S/C11H20N2O3.C9H15NO4/c1-11(2,3)16-10(15)13-6-8(7-13)9(14)12(4)5;1-9(2,3)14-8(13)10-4-6(5-10)7(11)12/h8H,6-7H2,1-5H3;6H,4-5H2,1-3H3,(H,11,12). The van der Waals surface area contributed by atoms with E-state index >= 15 is 0 Å². The number of carboxylic acid groups (broad SMARTS) is 1. The lowest BCUT2D eigenvalue weighted by Gasteiger charge is -2.39. The summed E-state index contributed by atoms with van der Waals surface area (Å²) in [6, 6.07) is 0. The van der Waals surface area contributed by atoms with Crippen LogP contribution in [0.25, 0.3) is 0 Å². The minimum absolute atomic E-state index is 0.0671. The van der Waals surface area contributed by atoms with Gasteiger partial charge in [0.15, 0.2) is 0 Å². The zero-order chi connectivity index (χ0) is 23.4. The third-order valence-electron chi connectivity index (χ3n) is 4.21. The Morgan fingerprint density at radius 3 is 1.37 bits per heavy atom. The van der Waals surface area contributed by atoms with Crippen molar-refractivity contribution < 1.29 is 33.8 Å². The summed E-state index contributed by atoms with van der Waals surface area (Å²) in [6.45, 7) is 12.2. The summed E-state index contributed by atoms with van der Waals surface area (Å²) >= 11 is 0. The smallest absolute Gasteiger partial charge is 0.410 e. The molecule has 30 heavy (non-hydrogen) atoms. The van der Waals surface area contributed by atoms with Gasteiger partial charge in [0.1, 0.15) is 11.2 Å². The molecule has 10 heteroatoms. The van der Waals surface area contributed by atoms with Gasteiger partial charge in [-0.25, -0.2) is 9.59 Å². The number of likely N-dealkylation sites (tertiary alicyclic amines) is 2. The van der Waals surface area contributed by atoms with Crippen LogP contribution < -0.4 is 0 Å². The highest BCUT2D eigenvalue weighted by Crippen LogP contribution is 2.21. The summed E-state index contributed by atoms with van der Waals surface area (Å²) in [6.07, 6.45) is -0.773. The van der Waals surface area contributed by atoms with Crippen molar-refractivity contribution in [2.75, 3.05) is 40.3 Å². The van der Waals surface area contributed by atoms with Crippen LogP contribution in [-0.2, 0) is 19.1 Å². The fourth-order valence-corrected chi connectivity index (χ4v) is 2.59. The quantitative estimate of drug-likeness (QED) is 0.712. The van der Waals surface area contributed by atoms with E-state index in [2.05, 4.69) is 0 Å². The van der Waals surface area contributed by atoms with Crippen molar-refractivity contribution in [3.8, 4) is 0 Å². The molecule has 3 amide bonds. The third kappa shape index (κ3) is 8.08. The Morgan fingerprint density at radius 1 is 0.767 bits per heavy atom. The van der Waals surface area contributed by atoms with Gasteiger partial charge in [-0.15, -0.1) is 0 Å². The lowest BCUT2D eigenvalue weighted by atomic mass is 9.99. The lowest BCUT2D eigenvalue weighted by molar-refractivity contribution is -0.146. The zero-order valence-corrected chi connectivity index (χ0v) is 19.2. The van der Waals surface area contributed by atoms with Gasteiger partial charge in [-0.1, -0.05) is 0 Å². The number of amides is 3. The van der Waals surface area contributed by atoms with E-state index in [9.17, 15) is 19.2 Å². The highest BCUT2D eigenvalue weighted by molar-refractivity contribution is 5.82. The van der Waals surface area contributed by atoms with Crippen molar-refractivity contribution >= 4 is 24.1 Å². The van der Waals surface area contributed by atoms with Gasteiger partial charge in [0.2, 0.25) is 5.91 Å². The highest BCUT2D eigenvalue weighted by atomic mass is 16.6. The molecule has 0 radical (unpaired) electrons. The average molecular weight is 430 g/mol. The molecule has 2 aliphatic heterocycles. The molecule has 0 spiro atoms. The van der Waals surface area contributed by atoms with Crippen molar-refractivity contribution in [2.24, 2.45) is 11.8 Å². The fourth-order valence-electron chi connectivity index (χ4n) is 2.59. The lowest BCUT2D eigenvalue weighted by Crippen LogP contribution is -2.56. The molecule has 0 atom stereocenters. The van der Waals surface area contributed by atoms with E-state index in [4.69, 9.17) is 14.6 Å². The zero-order valence-electron chi connectivity index (χ0n) is 19.2. The summed E-state index contributed by atoms with van der Waals surface area (Å²) in [4.78, 5) is 49.4. The monoisotopic (exact) mass is 429 g/mol. The van der Waals surface area contributed by atoms with E-state index in [1.807, 2.05) is 20.8 Å². The summed E-state index contributed by atoms with van der Waals surface area (Å²) in [7, 11) is 3.44. The first-order valence-electron chi connectivity index (χ1n) is 9.90. The van der Waals surface area contributed by atoms with Crippen LogP contribution in [0, 0.1) is 11.8 Å². The molecule has 0 aromatic carbocycles. The van der Waals surface area contributed by atoms with E-state index < -0.39 is 29.2 Å². The Hall–Kier alpha value is -2.52. The normalized spacial score (nSPS) is 17.1. The van der Waals surface area contributed by atoms with Crippen molar-refractivity contribution in [3.63, 3.8) is 0 Å². The second-order valence-corrected chi connectivity index (χ2v) is 9.74. The van der Waals surface area contributed by atoms with Gasteiger partial charge in [0, 0.05) is 40.3 Å². The van der Waals surface area contributed by atoms with Gasteiger partial charge in [-0.2, -0.15) is 0 Å². The first-order valence-corrected chi connectivity index (χ1v) is 9.90. The molecule has 2 saturated heterocycles. The molecule has 2 fully saturated rings. The van der Waals surface area contributed by atoms with Crippen LogP contribution >= 0.6 is 0 Å². The number of ether oxygens (including phenoxy) is 2. The van der Waals surface area contributed by atoms with Gasteiger partial charge in [0.05, 0.1) is 11.8 Å². The Bertz CT molecular complexity index is 652. The fraction of sp³-hybridized carbons (Fsp3) is 0.800. The maximum Gasteiger partial charge on any atom is 0.410 e. The van der Waals surface area contributed by atoms with Crippen LogP contribution in [0.3, 0.4) is 0 Å². The molecule has 0 aliphatic carbocycles. The van der Waals surface area contributed by atoms with Gasteiger partial charge in [-0.3, -0.25) is 9.59 Å². The third-order valence-corrected chi connectivity index (χ3v) is 4.21. The van der Waals surface area contributed by atoms with Crippen LogP contribution in [0.1, 0.15) is 41.5 Å². The van der Waals surface area contributed by atoms with E-state index in [-0.39, 0.29) is 31.0 Å². The molecular weight excluding hydrogens is 394 g/mol. The van der Waals surface area contributed by atoms with Gasteiger partial charge in [-0.05, 0) is 41.5 Å². The van der Waals surface area contributed by atoms with Crippen LogP contribution in [0.5, 0.6) is 0 Å². The molecule has 0 aromatic heterocycles. The van der Waals surface area contributed by atoms with Crippen molar-refractivity contribution in [1.82, 2.24) is 14.7 Å². The van der Waals surface area contributed by atoms with Crippen molar-refractivity contribution in [3.05, 3.63) is 0 Å². The van der Waals surface area contributed by atoms with Crippen LogP contribution in [0.2, 0.25) is 0 Å². The molecule has 0 unspecified atom stereocenters. The number of nitrogens with zero attached hydrogens (tertiary/aromatic N) is 3. The number of carbonyl (C=O) groups excluding carboxylic acids is 3. The first kappa shape index (κ1) is 25.5. The van der Waals surface area contributed by atoms with E-state index in [1.54, 1.807) is 44.7 Å². The minimum atomic E-state index is -0.857. The van der Waals surface area contributed by atoms with Crippen LogP contribution in [-0.4, -0.2) is 95.3 Å². The van der Waals surface area contributed by atoms with Crippen LogP contribution in [0.4, 0.5) is 9.59 Å². The number of carboxylic acids is 1. The van der Waals surface area contributed by atoms with Gasteiger partial charge in [0.25, 0.3) is 0 Å². The maximum absolute atomic E-state index is 11.6. The number of hydrogen-bond donors (Lipinski definition) is 1. The molecule has 0 aromatic rings. The molecule has 2 heterocycles. The topological polar surface area (TPSA) is 117 Å². The Labute approximate surface area is 178 Å². The molecule has 2 aliphatic rings. The van der Waals surface area contributed by atoms with Gasteiger partial charge >= 0.3 is 18.2 Å². The molecule has 2 rings (SSSR count). The Morgan fingerprint density at radius 2 is 1.10 bits per heavy atom.